The molecule has 1 atom stereocenters. The zero-order chi connectivity index (χ0) is 23.5. The summed E-state index contributed by atoms with van der Waals surface area (Å²) in [5.74, 6) is 0. The minimum absolute atomic E-state index is 0.181. The Morgan fingerprint density at radius 3 is 2.47 bits per heavy atom. The molecule has 0 aliphatic heterocycles. The van der Waals surface area contributed by atoms with Gasteiger partial charge in [0.15, 0.2) is 0 Å². The molecule has 3 aromatic rings. The number of amides is 1. The molecular formula is C23H26BrN3O3S2. The number of anilines is 1. The molecule has 2 N–H and O–H groups in total. The maximum absolute atomic E-state index is 13.0. The van der Waals surface area contributed by atoms with Crippen molar-refractivity contribution in [2.24, 2.45) is 0 Å². The molecule has 1 unspecified atom stereocenters. The molecule has 1 amide bonds. The molecule has 0 aliphatic rings. The minimum Gasteiger partial charge on any atom is -0.447 e. The lowest BCUT2D eigenvalue weighted by Crippen LogP contribution is -2.37. The second-order valence-electron chi connectivity index (χ2n) is 8.45. The average molecular weight is 537 g/mol. The van der Waals surface area contributed by atoms with Crippen molar-refractivity contribution in [3.05, 3.63) is 53.1 Å². The van der Waals surface area contributed by atoms with Gasteiger partial charge in [-0.2, -0.15) is 0 Å². The van der Waals surface area contributed by atoms with E-state index in [2.05, 4.69) is 31.0 Å². The summed E-state index contributed by atoms with van der Waals surface area (Å²) in [5, 5.41) is 3.54. The fraction of sp³-hybridized carbons (Fsp3) is 0.304. The van der Waals surface area contributed by atoms with Crippen LogP contribution in [0.4, 0.5) is 10.5 Å². The highest BCUT2D eigenvalue weighted by Gasteiger charge is 2.20. The number of halogens is 1. The third-order valence-electron chi connectivity index (χ3n) is 4.03. The van der Waals surface area contributed by atoms with E-state index in [-0.39, 0.29) is 11.6 Å². The summed E-state index contributed by atoms with van der Waals surface area (Å²) < 4.78 is 22.1. The molecule has 0 saturated carbocycles. The Balaban J connectivity index is 1.83. The predicted molar refractivity (Wildman–Crippen MR) is 135 cm³/mol. The highest BCUT2D eigenvalue weighted by molar-refractivity contribution is 9.10. The van der Waals surface area contributed by atoms with Gasteiger partial charge in [0.25, 0.3) is 0 Å². The highest BCUT2D eigenvalue weighted by atomic mass is 79.9. The van der Waals surface area contributed by atoms with Gasteiger partial charge in [0, 0.05) is 33.0 Å². The number of aromatic nitrogens is 1. The molecule has 32 heavy (non-hydrogen) atoms. The molecule has 2 aromatic carbocycles. The number of hydrogen-bond acceptors (Lipinski definition) is 5. The van der Waals surface area contributed by atoms with Crippen LogP contribution >= 0.6 is 27.3 Å². The van der Waals surface area contributed by atoms with E-state index in [1.165, 1.54) is 11.3 Å². The van der Waals surface area contributed by atoms with Crippen molar-refractivity contribution < 1.29 is 13.7 Å². The second-order valence-corrected chi connectivity index (χ2v) is 11.6. The Morgan fingerprint density at radius 2 is 1.84 bits per heavy atom. The van der Waals surface area contributed by atoms with Gasteiger partial charge in [-0.1, -0.05) is 22.0 Å². The van der Waals surface area contributed by atoms with Crippen LogP contribution in [0.25, 0.3) is 21.0 Å². The number of carbonyl (C=O) groups excluding carboxylic acids is 1. The van der Waals surface area contributed by atoms with Gasteiger partial charge in [0.1, 0.15) is 16.0 Å². The lowest BCUT2D eigenvalue weighted by Gasteiger charge is -2.20. The SMILES string of the molecule is CC(C)OC(=O)Nc1ccc(-c2ncc(-c3ccc(Br)cc3S(=O)NC(C)(C)C)s2)cc1. The van der Waals surface area contributed by atoms with Crippen LogP contribution in [-0.2, 0) is 15.7 Å². The van der Waals surface area contributed by atoms with Gasteiger partial charge in [-0.3, -0.25) is 5.32 Å². The van der Waals surface area contributed by atoms with E-state index in [9.17, 15) is 9.00 Å². The summed E-state index contributed by atoms with van der Waals surface area (Å²) >= 11 is 5.00. The van der Waals surface area contributed by atoms with Crippen LogP contribution in [0, 0.1) is 0 Å². The van der Waals surface area contributed by atoms with Crippen molar-refractivity contribution >= 4 is 50.0 Å². The van der Waals surface area contributed by atoms with Gasteiger partial charge in [-0.05, 0) is 71.0 Å². The Labute approximate surface area is 203 Å². The van der Waals surface area contributed by atoms with Gasteiger partial charge < -0.3 is 4.74 Å². The van der Waals surface area contributed by atoms with Crippen molar-refractivity contribution in [3.8, 4) is 21.0 Å². The number of carbonyl (C=O) groups is 1. The molecule has 0 saturated heterocycles. The number of rotatable bonds is 6. The zero-order valence-corrected chi connectivity index (χ0v) is 21.8. The molecule has 1 aromatic heterocycles. The summed E-state index contributed by atoms with van der Waals surface area (Å²) in [5.41, 5.74) is 2.16. The van der Waals surface area contributed by atoms with Gasteiger partial charge in [-0.15, -0.1) is 11.3 Å². The third kappa shape index (κ3) is 6.71. The predicted octanol–water partition coefficient (Wildman–Crippen LogP) is 6.61. The molecule has 6 nitrogen and oxygen atoms in total. The molecule has 0 bridgehead atoms. The number of nitrogens with one attached hydrogen (secondary N) is 2. The van der Waals surface area contributed by atoms with E-state index < -0.39 is 17.1 Å². The standard InChI is InChI=1S/C23H26BrN3O3S2/c1-14(2)30-22(28)26-17-9-6-15(7-10-17)21-25-13-19(31-21)18-11-8-16(24)12-20(18)32(29)27-23(3,4)5/h6-14,27H,1-5H3,(H,26,28). The number of hydrogen-bond donors (Lipinski definition) is 2. The van der Waals surface area contributed by atoms with Gasteiger partial charge in [-0.25, -0.2) is 18.7 Å². The van der Waals surface area contributed by atoms with E-state index >= 15 is 0 Å². The van der Waals surface area contributed by atoms with E-state index in [0.717, 1.165) is 25.5 Å². The van der Waals surface area contributed by atoms with Crippen molar-refractivity contribution in [3.63, 3.8) is 0 Å². The fourth-order valence-electron chi connectivity index (χ4n) is 2.78. The van der Waals surface area contributed by atoms with Gasteiger partial charge in [0.05, 0.1) is 15.9 Å². The maximum Gasteiger partial charge on any atom is 0.411 e. The summed E-state index contributed by atoms with van der Waals surface area (Å²) in [4.78, 5) is 18.0. The molecule has 3 rings (SSSR count). The normalized spacial score (nSPS) is 12.6. The Bertz CT molecular complexity index is 1120. The fourth-order valence-corrected chi connectivity index (χ4v) is 5.59. The summed E-state index contributed by atoms with van der Waals surface area (Å²) in [7, 11) is -1.38. The van der Waals surface area contributed by atoms with E-state index in [4.69, 9.17) is 4.74 Å². The van der Waals surface area contributed by atoms with Crippen LogP contribution in [0.15, 0.2) is 58.0 Å². The van der Waals surface area contributed by atoms with Crippen molar-refractivity contribution in [1.82, 2.24) is 9.71 Å². The lowest BCUT2D eigenvalue weighted by atomic mass is 10.1. The average Bonchev–Trinajstić information content (AvgIpc) is 3.16. The first kappa shape index (κ1) is 24.6. The van der Waals surface area contributed by atoms with E-state index in [0.29, 0.717) is 10.6 Å². The zero-order valence-electron chi connectivity index (χ0n) is 18.6. The molecule has 0 radical (unpaired) electrons. The number of ether oxygens (including phenoxy) is 1. The molecule has 170 valence electrons. The molecule has 0 fully saturated rings. The van der Waals surface area contributed by atoms with Crippen LogP contribution in [0.1, 0.15) is 34.6 Å². The Hall–Kier alpha value is -2.07. The minimum atomic E-state index is -1.38. The topological polar surface area (TPSA) is 80.3 Å². The van der Waals surface area contributed by atoms with Gasteiger partial charge >= 0.3 is 6.09 Å². The van der Waals surface area contributed by atoms with E-state index in [1.807, 2.05) is 63.2 Å². The van der Waals surface area contributed by atoms with Crippen molar-refractivity contribution in [2.45, 2.75) is 51.2 Å². The number of nitrogens with zero attached hydrogens (tertiary/aromatic N) is 1. The number of benzene rings is 2. The van der Waals surface area contributed by atoms with Crippen LogP contribution in [-0.4, -0.2) is 26.9 Å². The highest BCUT2D eigenvalue weighted by Crippen LogP contribution is 2.36. The first-order valence-electron chi connectivity index (χ1n) is 10.1. The monoisotopic (exact) mass is 535 g/mol. The molecule has 0 spiro atoms. The van der Waals surface area contributed by atoms with Crippen molar-refractivity contribution in [2.75, 3.05) is 5.32 Å². The van der Waals surface area contributed by atoms with Crippen molar-refractivity contribution in [1.29, 1.82) is 0 Å². The summed E-state index contributed by atoms with van der Waals surface area (Å²) in [6, 6.07) is 13.2. The Morgan fingerprint density at radius 1 is 1.16 bits per heavy atom. The van der Waals surface area contributed by atoms with Crippen LogP contribution in [0.2, 0.25) is 0 Å². The number of thiazole rings is 1. The first-order chi connectivity index (χ1) is 15.0. The quantitative estimate of drug-likeness (QED) is 0.372. The lowest BCUT2D eigenvalue weighted by molar-refractivity contribution is 0.130. The first-order valence-corrected chi connectivity index (χ1v) is 12.8. The third-order valence-corrected chi connectivity index (χ3v) is 7.14. The largest absolute Gasteiger partial charge is 0.447 e. The van der Waals surface area contributed by atoms with Crippen LogP contribution < -0.4 is 10.0 Å². The second kappa shape index (κ2) is 10.2. The molecule has 9 heteroatoms. The molecule has 1 heterocycles. The smallest absolute Gasteiger partial charge is 0.411 e. The summed E-state index contributed by atoms with van der Waals surface area (Å²) in [6.45, 7) is 9.54. The van der Waals surface area contributed by atoms with Gasteiger partial charge in [0.2, 0.25) is 0 Å². The molecular weight excluding hydrogens is 510 g/mol. The molecule has 0 aliphatic carbocycles. The maximum atomic E-state index is 13.0. The van der Waals surface area contributed by atoms with E-state index in [1.54, 1.807) is 20.0 Å². The summed E-state index contributed by atoms with van der Waals surface area (Å²) in [6.07, 6.45) is 1.14. The van der Waals surface area contributed by atoms with Crippen LogP contribution in [0.3, 0.4) is 0 Å². The van der Waals surface area contributed by atoms with Crippen LogP contribution in [0.5, 0.6) is 0 Å². The Kier molecular flexibility index (Phi) is 7.87.